The summed E-state index contributed by atoms with van der Waals surface area (Å²) in [5.41, 5.74) is 5.11. The maximum atomic E-state index is 11.6. The number of rotatable bonds is 5. The fourth-order valence-corrected chi connectivity index (χ4v) is 1.30. The highest BCUT2D eigenvalue weighted by Crippen LogP contribution is 2.18. The van der Waals surface area contributed by atoms with E-state index in [0.29, 0.717) is 18.7 Å². The lowest BCUT2D eigenvalue weighted by Gasteiger charge is -2.03. The van der Waals surface area contributed by atoms with Crippen LogP contribution in [0, 0.1) is 0 Å². The summed E-state index contributed by atoms with van der Waals surface area (Å²) in [6, 6.07) is 0. The number of Topliss-reactive ketones (excluding diaryl/α,β-unsaturated/α-hetero) is 1. The second-order valence-electron chi connectivity index (χ2n) is 2.12. The van der Waals surface area contributed by atoms with Crippen molar-refractivity contribution in [2.24, 2.45) is 5.73 Å². The third-order valence-corrected chi connectivity index (χ3v) is 2.09. The largest absolute Gasteiger partial charge is 0.450 e. The Balaban J connectivity index is 3.45. The lowest BCUT2D eigenvalue weighted by molar-refractivity contribution is -0.167. The van der Waals surface area contributed by atoms with Gasteiger partial charge in [-0.1, -0.05) is 0 Å². The minimum Gasteiger partial charge on any atom is -0.330 e. The predicted molar refractivity (Wildman–Crippen MR) is 42.1 cm³/mol. The zero-order valence-corrected chi connectivity index (χ0v) is 7.17. The van der Waals surface area contributed by atoms with Crippen LogP contribution in [0.1, 0.15) is 6.42 Å². The van der Waals surface area contributed by atoms with Gasteiger partial charge in [0.15, 0.2) is 0 Å². The van der Waals surface area contributed by atoms with E-state index in [1.54, 1.807) is 0 Å². The minimum absolute atomic E-state index is 0.438. The fourth-order valence-electron chi connectivity index (χ4n) is 0.432. The van der Waals surface area contributed by atoms with Crippen LogP contribution in [0.5, 0.6) is 0 Å². The molecular weight excluding hydrogens is 191 g/mol. The molecule has 0 atom stereocenters. The Labute approximate surface area is 72.7 Å². The first-order valence-electron chi connectivity index (χ1n) is 3.36. The van der Waals surface area contributed by atoms with Crippen LogP contribution in [-0.2, 0) is 4.79 Å². The highest BCUT2D eigenvalue weighted by Gasteiger charge is 2.37. The van der Waals surface area contributed by atoms with Crippen LogP contribution in [0.2, 0.25) is 0 Å². The maximum absolute atomic E-state index is 11.6. The van der Waals surface area contributed by atoms with E-state index in [1.165, 1.54) is 0 Å². The van der Waals surface area contributed by atoms with E-state index in [2.05, 4.69) is 0 Å². The standard InChI is InChI=1S/C6H10F3NOS/c7-6(8,9)5(11)4-12-3-1-2-10/h1-4,10H2. The van der Waals surface area contributed by atoms with Gasteiger partial charge in [0.25, 0.3) is 0 Å². The smallest absolute Gasteiger partial charge is 0.330 e. The molecular formula is C6H10F3NOS. The number of thioether (sulfide) groups is 1. The van der Waals surface area contributed by atoms with Gasteiger partial charge in [-0.3, -0.25) is 4.79 Å². The molecule has 0 bridgehead atoms. The van der Waals surface area contributed by atoms with E-state index in [-0.39, 0.29) is 0 Å². The first kappa shape index (κ1) is 11.8. The third-order valence-electron chi connectivity index (χ3n) is 1.04. The lowest BCUT2D eigenvalue weighted by atomic mass is 10.4. The predicted octanol–water partition coefficient (Wildman–Crippen LogP) is 1.20. The molecule has 0 aliphatic rings. The molecule has 0 heterocycles. The van der Waals surface area contributed by atoms with Crippen LogP contribution in [0.25, 0.3) is 0 Å². The molecule has 0 amide bonds. The van der Waals surface area contributed by atoms with Gasteiger partial charge in [0.05, 0.1) is 5.75 Å². The summed E-state index contributed by atoms with van der Waals surface area (Å²) in [6.45, 7) is 0.438. The number of ketones is 1. The zero-order valence-electron chi connectivity index (χ0n) is 6.36. The molecule has 72 valence electrons. The number of alkyl halides is 3. The third kappa shape index (κ3) is 5.42. The van der Waals surface area contributed by atoms with Crippen molar-refractivity contribution in [2.75, 3.05) is 18.1 Å². The van der Waals surface area contributed by atoms with Gasteiger partial charge in [-0.2, -0.15) is 24.9 Å². The van der Waals surface area contributed by atoms with Crippen molar-refractivity contribution in [2.45, 2.75) is 12.6 Å². The molecule has 12 heavy (non-hydrogen) atoms. The summed E-state index contributed by atoms with van der Waals surface area (Å²) in [6.07, 6.45) is -4.05. The first-order valence-corrected chi connectivity index (χ1v) is 4.51. The molecule has 0 aromatic rings. The average molecular weight is 201 g/mol. The molecule has 0 rings (SSSR count). The number of carbonyl (C=O) groups is 1. The quantitative estimate of drug-likeness (QED) is 0.680. The summed E-state index contributed by atoms with van der Waals surface area (Å²) in [5.74, 6) is -1.67. The van der Waals surface area contributed by atoms with Gasteiger partial charge in [0, 0.05) is 0 Å². The molecule has 2 nitrogen and oxygen atoms in total. The molecule has 0 unspecified atom stereocenters. The molecule has 0 saturated carbocycles. The fraction of sp³-hybridized carbons (Fsp3) is 0.833. The Morgan fingerprint density at radius 3 is 2.42 bits per heavy atom. The lowest BCUT2D eigenvalue weighted by Crippen LogP contribution is -2.24. The molecule has 0 aliphatic heterocycles. The topological polar surface area (TPSA) is 43.1 Å². The SMILES string of the molecule is NCCCSCC(=O)C(F)(F)F. The molecule has 0 aliphatic carbocycles. The Kier molecular flexibility index (Phi) is 5.32. The molecule has 0 saturated heterocycles. The van der Waals surface area contributed by atoms with Crippen molar-refractivity contribution in [3.8, 4) is 0 Å². The molecule has 0 aromatic carbocycles. The zero-order chi connectivity index (χ0) is 9.61. The van der Waals surface area contributed by atoms with Crippen molar-refractivity contribution in [3.05, 3.63) is 0 Å². The highest BCUT2D eigenvalue weighted by molar-refractivity contribution is 7.99. The normalized spacial score (nSPS) is 11.7. The Bertz CT molecular complexity index is 148. The van der Waals surface area contributed by atoms with Crippen LogP contribution < -0.4 is 5.73 Å². The molecule has 0 radical (unpaired) electrons. The van der Waals surface area contributed by atoms with E-state index in [1.807, 2.05) is 0 Å². The van der Waals surface area contributed by atoms with Gasteiger partial charge >= 0.3 is 6.18 Å². The minimum atomic E-state index is -4.68. The van der Waals surface area contributed by atoms with E-state index in [4.69, 9.17) is 5.73 Å². The van der Waals surface area contributed by atoms with Gasteiger partial charge in [0.2, 0.25) is 5.78 Å². The molecule has 0 spiro atoms. The summed E-state index contributed by atoms with van der Waals surface area (Å²) in [4.78, 5) is 10.3. The summed E-state index contributed by atoms with van der Waals surface area (Å²) in [7, 11) is 0. The molecule has 6 heteroatoms. The number of hydrogen-bond acceptors (Lipinski definition) is 3. The van der Waals surface area contributed by atoms with E-state index in [9.17, 15) is 18.0 Å². The molecule has 0 fully saturated rings. The molecule has 2 N–H and O–H groups in total. The van der Waals surface area contributed by atoms with Gasteiger partial charge in [-0.15, -0.1) is 0 Å². The number of carbonyl (C=O) groups excluding carboxylic acids is 1. The van der Waals surface area contributed by atoms with Gasteiger partial charge in [-0.05, 0) is 18.7 Å². The average Bonchev–Trinajstić information content (AvgIpc) is 1.96. The van der Waals surface area contributed by atoms with Crippen molar-refractivity contribution >= 4 is 17.5 Å². The van der Waals surface area contributed by atoms with Crippen LogP contribution >= 0.6 is 11.8 Å². The Hall–Kier alpha value is -0.230. The van der Waals surface area contributed by atoms with Crippen LogP contribution in [0.3, 0.4) is 0 Å². The maximum Gasteiger partial charge on any atom is 0.450 e. The van der Waals surface area contributed by atoms with Crippen molar-refractivity contribution < 1.29 is 18.0 Å². The highest BCUT2D eigenvalue weighted by atomic mass is 32.2. The van der Waals surface area contributed by atoms with Crippen LogP contribution in [0.15, 0.2) is 0 Å². The Morgan fingerprint density at radius 1 is 1.42 bits per heavy atom. The van der Waals surface area contributed by atoms with E-state index < -0.39 is 17.7 Å². The van der Waals surface area contributed by atoms with E-state index >= 15 is 0 Å². The molecule has 0 aromatic heterocycles. The monoisotopic (exact) mass is 201 g/mol. The number of hydrogen-bond donors (Lipinski definition) is 1. The first-order chi connectivity index (χ1) is 5.48. The second kappa shape index (κ2) is 5.42. The van der Waals surface area contributed by atoms with E-state index in [0.717, 1.165) is 11.8 Å². The number of halogens is 3. The summed E-state index contributed by atoms with van der Waals surface area (Å²) >= 11 is 0.963. The summed E-state index contributed by atoms with van der Waals surface area (Å²) < 4.78 is 34.7. The second-order valence-corrected chi connectivity index (χ2v) is 3.22. The van der Waals surface area contributed by atoms with Crippen molar-refractivity contribution in [1.82, 2.24) is 0 Å². The number of nitrogens with two attached hydrogens (primary N) is 1. The van der Waals surface area contributed by atoms with Crippen LogP contribution in [-0.4, -0.2) is 30.0 Å². The van der Waals surface area contributed by atoms with Gasteiger partial charge < -0.3 is 5.73 Å². The van der Waals surface area contributed by atoms with Crippen molar-refractivity contribution in [1.29, 1.82) is 0 Å². The Morgan fingerprint density at radius 2 is 2.00 bits per heavy atom. The van der Waals surface area contributed by atoms with Gasteiger partial charge in [0.1, 0.15) is 0 Å². The van der Waals surface area contributed by atoms with Crippen LogP contribution in [0.4, 0.5) is 13.2 Å². The van der Waals surface area contributed by atoms with Gasteiger partial charge in [-0.25, -0.2) is 0 Å². The summed E-state index contributed by atoms with van der Waals surface area (Å²) in [5, 5.41) is 0. The van der Waals surface area contributed by atoms with Crippen molar-refractivity contribution in [3.63, 3.8) is 0 Å².